The summed E-state index contributed by atoms with van der Waals surface area (Å²) in [7, 11) is 0. The maximum atomic E-state index is 9.65. The third-order valence-electron chi connectivity index (χ3n) is 2.34. The Kier molecular flexibility index (Phi) is 3.98. The SMILES string of the molecule is Cc1nnc(COc2cc(Br)ccc2C(C)O)o1. The van der Waals surface area contributed by atoms with E-state index < -0.39 is 6.10 Å². The molecule has 1 aromatic heterocycles. The highest BCUT2D eigenvalue weighted by molar-refractivity contribution is 9.10. The molecule has 0 fully saturated rings. The molecule has 1 aromatic carbocycles. The lowest BCUT2D eigenvalue weighted by Gasteiger charge is -2.12. The molecule has 1 heterocycles. The van der Waals surface area contributed by atoms with E-state index in [1.54, 1.807) is 19.9 Å². The molecule has 0 saturated heterocycles. The fourth-order valence-electron chi connectivity index (χ4n) is 1.51. The van der Waals surface area contributed by atoms with Crippen molar-refractivity contribution in [2.24, 2.45) is 0 Å². The second-order valence-electron chi connectivity index (χ2n) is 3.86. The third kappa shape index (κ3) is 3.08. The smallest absolute Gasteiger partial charge is 0.253 e. The largest absolute Gasteiger partial charge is 0.483 e. The summed E-state index contributed by atoms with van der Waals surface area (Å²) in [6.07, 6.45) is -0.600. The number of aliphatic hydroxyl groups is 1. The summed E-state index contributed by atoms with van der Waals surface area (Å²) in [6, 6.07) is 5.46. The summed E-state index contributed by atoms with van der Waals surface area (Å²) >= 11 is 3.36. The van der Waals surface area contributed by atoms with E-state index >= 15 is 0 Å². The Morgan fingerprint density at radius 2 is 2.22 bits per heavy atom. The van der Waals surface area contributed by atoms with Crippen molar-refractivity contribution >= 4 is 15.9 Å². The number of nitrogens with zero attached hydrogens (tertiary/aromatic N) is 2. The molecule has 0 bridgehead atoms. The van der Waals surface area contributed by atoms with Crippen LogP contribution in [0.1, 0.15) is 30.4 Å². The number of aryl methyl sites for hydroxylation is 1. The second kappa shape index (κ2) is 5.49. The Bertz CT molecular complexity index is 540. The maximum absolute atomic E-state index is 9.65. The first-order chi connectivity index (χ1) is 8.56. The van der Waals surface area contributed by atoms with E-state index in [1.165, 1.54) is 0 Å². The molecular weight excluding hydrogens is 300 g/mol. The molecule has 2 aromatic rings. The van der Waals surface area contributed by atoms with Crippen LogP contribution in [-0.2, 0) is 6.61 Å². The molecule has 0 radical (unpaired) electrons. The minimum Gasteiger partial charge on any atom is -0.483 e. The van der Waals surface area contributed by atoms with E-state index in [2.05, 4.69) is 26.1 Å². The maximum Gasteiger partial charge on any atom is 0.253 e. The predicted molar refractivity (Wildman–Crippen MR) is 68.1 cm³/mol. The van der Waals surface area contributed by atoms with Crippen molar-refractivity contribution < 1.29 is 14.3 Å². The molecule has 2 rings (SSSR count). The van der Waals surface area contributed by atoms with Gasteiger partial charge in [0, 0.05) is 17.0 Å². The van der Waals surface area contributed by atoms with Crippen LogP contribution in [0.15, 0.2) is 27.1 Å². The van der Waals surface area contributed by atoms with Crippen LogP contribution in [0.25, 0.3) is 0 Å². The predicted octanol–water partition coefficient (Wildman–Crippen LogP) is 2.77. The highest BCUT2D eigenvalue weighted by Gasteiger charge is 2.11. The van der Waals surface area contributed by atoms with E-state index in [4.69, 9.17) is 9.15 Å². The van der Waals surface area contributed by atoms with Crippen LogP contribution in [0.4, 0.5) is 0 Å². The summed E-state index contributed by atoms with van der Waals surface area (Å²) in [5.74, 6) is 1.50. The molecule has 0 aliphatic rings. The molecular formula is C12H13BrN2O3. The van der Waals surface area contributed by atoms with Gasteiger partial charge in [0.15, 0.2) is 6.61 Å². The van der Waals surface area contributed by atoms with Gasteiger partial charge in [-0.2, -0.15) is 0 Å². The average molecular weight is 313 g/mol. The first-order valence-electron chi connectivity index (χ1n) is 5.45. The average Bonchev–Trinajstić information content (AvgIpc) is 2.72. The summed E-state index contributed by atoms with van der Waals surface area (Å²) in [4.78, 5) is 0. The normalized spacial score (nSPS) is 12.4. The van der Waals surface area contributed by atoms with Crippen LogP contribution in [-0.4, -0.2) is 15.3 Å². The van der Waals surface area contributed by atoms with Crippen molar-refractivity contribution in [1.29, 1.82) is 0 Å². The molecule has 1 atom stereocenters. The van der Waals surface area contributed by atoms with Crippen molar-refractivity contribution in [2.45, 2.75) is 26.6 Å². The van der Waals surface area contributed by atoms with Crippen molar-refractivity contribution in [3.63, 3.8) is 0 Å². The van der Waals surface area contributed by atoms with Crippen molar-refractivity contribution in [1.82, 2.24) is 10.2 Å². The number of aromatic nitrogens is 2. The van der Waals surface area contributed by atoms with E-state index in [0.29, 0.717) is 17.5 Å². The minimum atomic E-state index is -0.600. The molecule has 5 nitrogen and oxygen atoms in total. The number of hydrogen-bond donors (Lipinski definition) is 1. The number of ether oxygens (including phenoxy) is 1. The van der Waals surface area contributed by atoms with Gasteiger partial charge < -0.3 is 14.3 Å². The quantitative estimate of drug-likeness (QED) is 0.940. The number of hydrogen-bond acceptors (Lipinski definition) is 5. The molecule has 0 amide bonds. The lowest BCUT2D eigenvalue weighted by atomic mass is 10.1. The van der Waals surface area contributed by atoms with Gasteiger partial charge in [-0.15, -0.1) is 10.2 Å². The molecule has 6 heteroatoms. The monoisotopic (exact) mass is 312 g/mol. The Balaban J connectivity index is 2.15. The number of halogens is 1. The highest BCUT2D eigenvalue weighted by atomic mass is 79.9. The zero-order chi connectivity index (χ0) is 13.1. The zero-order valence-electron chi connectivity index (χ0n) is 10.1. The fourth-order valence-corrected chi connectivity index (χ4v) is 1.85. The summed E-state index contributed by atoms with van der Waals surface area (Å²) in [5, 5.41) is 17.2. The van der Waals surface area contributed by atoms with E-state index in [0.717, 1.165) is 10.0 Å². The highest BCUT2D eigenvalue weighted by Crippen LogP contribution is 2.29. The third-order valence-corrected chi connectivity index (χ3v) is 2.84. The molecule has 0 aliphatic carbocycles. The Morgan fingerprint density at radius 3 is 2.83 bits per heavy atom. The van der Waals surface area contributed by atoms with Crippen molar-refractivity contribution in [3.8, 4) is 5.75 Å². The molecule has 1 N–H and O–H groups in total. The van der Waals surface area contributed by atoms with Gasteiger partial charge in [0.25, 0.3) is 5.89 Å². The van der Waals surface area contributed by atoms with Gasteiger partial charge in [-0.25, -0.2) is 0 Å². The molecule has 0 saturated carbocycles. The van der Waals surface area contributed by atoms with E-state index in [-0.39, 0.29) is 6.61 Å². The van der Waals surface area contributed by atoms with Gasteiger partial charge in [-0.3, -0.25) is 0 Å². The van der Waals surface area contributed by atoms with Crippen LogP contribution in [0.3, 0.4) is 0 Å². The lowest BCUT2D eigenvalue weighted by Crippen LogP contribution is -2.01. The van der Waals surface area contributed by atoms with Gasteiger partial charge in [-0.05, 0) is 19.1 Å². The van der Waals surface area contributed by atoms with Gasteiger partial charge in [-0.1, -0.05) is 22.0 Å². The van der Waals surface area contributed by atoms with Crippen LogP contribution in [0.5, 0.6) is 5.75 Å². The lowest BCUT2D eigenvalue weighted by molar-refractivity contribution is 0.187. The minimum absolute atomic E-state index is 0.178. The number of rotatable bonds is 4. The zero-order valence-corrected chi connectivity index (χ0v) is 11.6. The van der Waals surface area contributed by atoms with Crippen LogP contribution in [0, 0.1) is 6.92 Å². The standard InChI is InChI=1S/C12H13BrN2O3/c1-7(16)10-4-3-9(13)5-11(10)17-6-12-15-14-8(2)18-12/h3-5,7,16H,6H2,1-2H3. The van der Waals surface area contributed by atoms with Crippen LogP contribution >= 0.6 is 15.9 Å². The summed E-state index contributed by atoms with van der Waals surface area (Å²) in [5.41, 5.74) is 0.717. The molecule has 0 aliphatic heterocycles. The van der Waals surface area contributed by atoms with Gasteiger partial charge in [0.2, 0.25) is 5.89 Å². The molecule has 18 heavy (non-hydrogen) atoms. The molecule has 0 spiro atoms. The summed E-state index contributed by atoms with van der Waals surface area (Å²) in [6.45, 7) is 3.58. The fraction of sp³-hybridized carbons (Fsp3) is 0.333. The van der Waals surface area contributed by atoms with Crippen LogP contribution < -0.4 is 4.74 Å². The first-order valence-corrected chi connectivity index (χ1v) is 6.25. The Morgan fingerprint density at radius 1 is 1.44 bits per heavy atom. The van der Waals surface area contributed by atoms with Gasteiger partial charge in [0.1, 0.15) is 5.75 Å². The summed E-state index contributed by atoms with van der Waals surface area (Å²) < 4.78 is 11.7. The second-order valence-corrected chi connectivity index (χ2v) is 4.78. The Hall–Kier alpha value is -1.40. The number of benzene rings is 1. The molecule has 96 valence electrons. The van der Waals surface area contributed by atoms with Crippen LogP contribution in [0.2, 0.25) is 0 Å². The number of aliphatic hydroxyl groups excluding tert-OH is 1. The topological polar surface area (TPSA) is 68.4 Å². The van der Waals surface area contributed by atoms with E-state index in [9.17, 15) is 5.11 Å². The van der Waals surface area contributed by atoms with Gasteiger partial charge in [0.05, 0.1) is 6.10 Å². The van der Waals surface area contributed by atoms with Gasteiger partial charge >= 0.3 is 0 Å². The Labute approximate surface area is 113 Å². The first kappa shape index (κ1) is 13.0. The van der Waals surface area contributed by atoms with Crippen molar-refractivity contribution in [2.75, 3.05) is 0 Å². The van der Waals surface area contributed by atoms with Crippen molar-refractivity contribution in [3.05, 3.63) is 40.0 Å². The van der Waals surface area contributed by atoms with E-state index in [1.807, 2.05) is 12.1 Å². The molecule has 1 unspecified atom stereocenters.